The van der Waals surface area contributed by atoms with Gasteiger partial charge in [0.25, 0.3) is 0 Å². The first-order chi connectivity index (χ1) is 6.18. The van der Waals surface area contributed by atoms with E-state index in [9.17, 15) is 0 Å². The fraction of sp³-hybridized carbons (Fsp3) is 0.545. The quantitative estimate of drug-likeness (QED) is 0.700. The summed E-state index contributed by atoms with van der Waals surface area (Å²) in [5.41, 5.74) is 2.60. The zero-order valence-corrected chi connectivity index (χ0v) is 8.75. The summed E-state index contributed by atoms with van der Waals surface area (Å²) in [6.07, 6.45) is 6.20. The highest BCUT2D eigenvalue weighted by Gasteiger charge is 1.95. The van der Waals surface area contributed by atoms with Gasteiger partial charge >= 0.3 is 0 Å². The molecule has 0 amide bonds. The minimum absolute atomic E-state index is 1.13. The van der Waals surface area contributed by atoms with Crippen molar-refractivity contribution < 1.29 is 0 Å². The lowest BCUT2D eigenvalue weighted by atomic mass is 10.1. The highest BCUT2D eigenvalue weighted by atomic mass is 15.0. The van der Waals surface area contributed by atoms with Crippen LogP contribution in [0.3, 0.4) is 0 Å². The largest absolute Gasteiger partial charge is 0.309 e. The number of nitrogens with zero attached hydrogens (tertiary/aromatic N) is 2. The van der Waals surface area contributed by atoms with Crippen LogP contribution in [0.2, 0.25) is 0 Å². The third kappa shape index (κ3) is 4.04. The molecule has 0 spiro atoms. The number of hydrogen-bond donors (Lipinski definition) is 0. The van der Waals surface area contributed by atoms with Crippen LogP contribution in [-0.4, -0.2) is 30.5 Å². The highest BCUT2D eigenvalue weighted by Crippen LogP contribution is 2.04. The minimum Gasteiger partial charge on any atom is -0.309 e. The monoisotopic (exact) mass is 178 g/mol. The van der Waals surface area contributed by atoms with Gasteiger partial charge in [-0.15, -0.1) is 0 Å². The van der Waals surface area contributed by atoms with E-state index in [1.54, 1.807) is 0 Å². The van der Waals surface area contributed by atoms with E-state index >= 15 is 0 Å². The molecule has 0 saturated heterocycles. The maximum absolute atomic E-state index is 4.17. The molecule has 0 aliphatic heterocycles. The van der Waals surface area contributed by atoms with Crippen LogP contribution in [0.4, 0.5) is 0 Å². The van der Waals surface area contributed by atoms with E-state index in [0.717, 1.165) is 13.0 Å². The van der Waals surface area contributed by atoms with Gasteiger partial charge in [0.05, 0.1) is 0 Å². The van der Waals surface area contributed by atoms with Crippen LogP contribution in [0.5, 0.6) is 0 Å². The van der Waals surface area contributed by atoms with Gasteiger partial charge in [-0.25, -0.2) is 0 Å². The Morgan fingerprint density at radius 2 is 2.08 bits per heavy atom. The van der Waals surface area contributed by atoms with Gasteiger partial charge < -0.3 is 4.90 Å². The van der Waals surface area contributed by atoms with Crippen molar-refractivity contribution in [3.63, 3.8) is 0 Å². The van der Waals surface area contributed by atoms with E-state index in [4.69, 9.17) is 0 Å². The third-order valence-corrected chi connectivity index (χ3v) is 2.00. The second kappa shape index (κ2) is 4.97. The van der Waals surface area contributed by atoms with Gasteiger partial charge in [0.1, 0.15) is 0 Å². The van der Waals surface area contributed by atoms with Gasteiger partial charge in [-0.2, -0.15) is 0 Å². The summed E-state index contributed by atoms with van der Waals surface area (Å²) >= 11 is 0. The summed E-state index contributed by atoms with van der Waals surface area (Å²) in [4.78, 5) is 6.38. The van der Waals surface area contributed by atoms with Gasteiger partial charge in [-0.05, 0) is 51.5 Å². The maximum atomic E-state index is 4.17. The molecule has 0 atom stereocenters. The number of pyridine rings is 1. The molecule has 0 fully saturated rings. The average Bonchev–Trinajstić information content (AvgIpc) is 2.03. The van der Waals surface area contributed by atoms with Crippen LogP contribution in [0.15, 0.2) is 18.5 Å². The molecule has 0 aromatic carbocycles. The first-order valence-corrected chi connectivity index (χ1v) is 4.74. The van der Waals surface area contributed by atoms with Crippen molar-refractivity contribution in [1.82, 2.24) is 9.88 Å². The summed E-state index contributed by atoms with van der Waals surface area (Å²) < 4.78 is 0. The number of hydrogen-bond acceptors (Lipinski definition) is 2. The van der Waals surface area contributed by atoms with Crippen LogP contribution < -0.4 is 0 Å². The molecule has 0 saturated carbocycles. The molecule has 2 heteroatoms. The van der Waals surface area contributed by atoms with E-state index in [1.165, 1.54) is 17.5 Å². The Morgan fingerprint density at radius 1 is 1.31 bits per heavy atom. The fourth-order valence-corrected chi connectivity index (χ4v) is 1.35. The van der Waals surface area contributed by atoms with Gasteiger partial charge in [0.15, 0.2) is 0 Å². The van der Waals surface area contributed by atoms with Crippen LogP contribution in [0.25, 0.3) is 0 Å². The van der Waals surface area contributed by atoms with E-state index in [0.29, 0.717) is 0 Å². The fourth-order valence-electron chi connectivity index (χ4n) is 1.35. The van der Waals surface area contributed by atoms with Gasteiger partial charge in [0.2, 0.25) is 0 Å². The molecule has 1 aromatic rings. The molecule has 0 N–H and O–H groups in total. The van der Waals surface area contributed by atoms with Gasteiger partial charge in [-0.3, -0.25) is 4.98 Å². The Kier molecular flexibility index (Phi) is 3.90. The molecule has 1 heterocycles. The zero-order valence-electron chi connectivity index (χ0n) is 8.75. The zero-order chi connectivity index (χ0) is 9.68. The lowest BCUT2D eigenvalue weighted by Gasteiger charge is -2.08. The molecule has 0 radical (unpaired) electrons. The molecule has 13 heavy (non-hydrogen) atoms. The van der Waals surface area contributed by atoms with Crippen LogP contribution in [0.1, 0.15) is 17.5 Å². The Morgan fingerprint density at radius 3 is 2.69 bits per heavy atom. The lowest BCUT2D eigenvalue weighted by molar-refractivity contribution is 0.400. The normalized spacial score (nSPS) is 10.8. The number of aromatic nitrogens is 1. The lowest BCUT2D eigenvalue weighted by Crippen LogP contribution is -2.13. The topological polar surface area (TPSA) is 16.1 Å². The maximum Gasteiger partial charge on any atom is 0.0300 e. The van der Waals surface area contributed by atoms with Crippen molar-refractivity contribution in [2.24, 2.45) is 0 Å². The predicted octanol–water partition coefficient (Wildman–Crippen LogP) is 1.88. The summed E-state index contributed by atoms with van der Waals surface area (Å²) in [6.45, 7) is 3.23. The highest BCUT2D eigenvalue weighted by molar-refractivity contribution is 5.16. The Labute approximate surface area is 80.6 Å². The molecular weight excluding hydrogens is 160 g/mol. The SMILES string of the molecule is Cc1cncc(CCCN(C)C)c1. The van der Waals surface area contributed by atoms with Crippen LogP contribution in [0, 0.1) is 6.92 Å². The Balaban J connectivity index is 2.37. The first kappa shape index (κ1) is 10.2. The molecule has 1 aromatic heterocycles. The second-order valence-corrected chi connectivity index (χ2v) is 3.78. The molecule has 0 unspecified atom stereocenters. The Bertz CT molecular complexity index is 256. The number of aryl methyl sites for hydroxylation is 2. The summed E-state index contributed by atoms with van der Waals surface area (Å²) in [6, 6.07) is 2.21. The van der Waals surface area contributed by atoms with Gasteiger partial charge in [-0.1, -0.05) is 6.07 Å². The molecule has 72 valence electrons. The van der Waals surface area contributed by atoms with Crippen molar-refractivity contribution in [3.8, 4) is 0 Å². The predicted molar refractivity (Wildman–Crippen MR) is 55.8 cm³/mol. The van der Waals surface area contributed by atoms with E-state index in [-0.39, 0.29) is 0 Å². The summed E-state index contributed by atoms with van der Waals surface area (Å²) in [5.74, 6) is 0. The summed E-state index contributed by atoms with van der Waals surface area (Å²) in [5, 5.41) is 0. The van der Waals surface area contributed by atoms with E-state index in [1.807, 2.05) is 12.4 Å². The second-order valence-electron chi connectivity index (χ2n) is 3.78. The third-order valence-electron chi connectivity index (χ3n) is 2.00. The molecular formula is C11H18N2. The molecule has 0 aliphatic rings. The van der Waals surface area contributed by atoms with Crippen molar-refractivity contribution in [3.05, 3.63) is 29.6 Å². The Hall–Kier alpha value is -0.890. The average molecular weight is 178 g/mol. The van der Waals surface area contributed by atoms with Crippen molar-refractivity contribution >= 4 is 0 Å². The molecule has 2 nitrogen and oxygen atoms in total. The van der Waals surface area contributed by atoms with Crippen LogP contribution >= 0.6 is 0 Å². The van der Waals surface area contributed by atoms with Crippen LogP contribution in [-0.2, 0) is 6.42 Å². The standard InChI is InChI=1S/C11H18N2/c1-10-7-11(9-12-8-10)5-4-6-13(2)3/h7-9H,4-6H2,1-3H3. The minimum atomic E-state index is 1.13. The smallest absolute Gasteiger partial charge is 0.0300 e. The van der Waals surface area contributed by atoms with E-state index < -0.39 is 0 Å². The number of rotatable bonds is 4. The molecule has 0 aliphatic carbocycles. The van der Waals surface area contributed by atoms with Crippen molar-refractivity contribution in [2.75, 3.05) is 20.6 Å². The molecule has 0 bridgehead atoms. The van der Waals surface area contributed by atoms with E-state index in [2.05, 4.69) is 37.0 Å². The summed E-state index contributed by atoms with van der Waals surface area (Å²) in [7, 11) is 4.21. The van der Waals surface area contributed by atoms with Crippen molar-refractivity contribution in [2.45, 2.75) is 19.8 Å². The molecule has 1 rings (SSSR count). The first-order valence-electron chi connectivity index (χ1n) is 4.74. The van der Waals surface area contributed by atoms with Gasteiger partial charge in [0, 0.05) is 12.4 Å². The van der Waals surface area contributed by atoms with Crippen molar-refractivity contribution in [1.29, 1.82) is 0 Å².